The Morgan fingerprint density at radius 2 is 1.91 bits per heavy atom. The van der Waals surface area contributed by atoms with Crippen LogP contribution in [-0.2, 0) is 18.4 Å². The summed E-state index contributed by atoms with van der Waals surface area (Å²) in [6.07, 6.45) is -4.06. The smallest absolute Gasteiger partial charge is 0.475 e. The molecule has 0 bridgehead atoms. The van der Waals surface area contributed by atoms with Gasteiger partial charge in [-0.3, -0.25) is 13.9 Å². The highest BCUT2D eigenvalue weighted by molar-refractivity contribution is 7.99. The number of thioether (sulfide) groups is 1. The molecule has 1 saturated heterocycles. The minimum absolute atomic E-state index is 0.0624. The molecule has 1 atom stereocenters. The molecule has 1 aliphatic rings. The molecule has 0 saturated carbocycles. The van der Waals surface area contributed by atoms with Crippen LogP contribution in [0.25, 0.3) is 11.2 Å². The fraction of sp³-hybridized carbons (Fsp3) is 0.600. The van der Waals surface area contributed by atoms with Gasteiger partial charge in [0.15, 0.2) is 16.3 Å². The summed E-state index contributed by atoms with van der Waals surface area (Å²) in [5, 5.41) is 11.6. The van der Waals surface area contributed by atoms with E-state index in [1.807, 2.05) is 4.57 Å². The van der Waals surface area contributed by atoms with Crippen LogP contribution in [0, 0.1) is 11.8 Å². The second kappa shape index (κ2) is 11.4. The van der Waals surface area contributed by atoms with Gasteiger partial charge in [-0.05, 0) is 13.3 Å². The first-order chi connectivity index (χ1) is 15.5. The summed E-state index contributed by atoms with van der Waals surface area (Å²) in [7, 11) is 1.78. The topological polar surface area (TPSA) is 105 Å². The quantitative estimate of drug-likeness (QED) is 0.375. The number of anilines is 1. The Morgan fingerprint density at radius 3 is 2.42 bits per heavy atom. The van der Waals surface area contributed by atoms with Crippen molar-refractivity contribution >= 4 is 34.8 Å². The lowest BCUT2D eigenvalue weighted by atomic mass is 10.4. The molecule has 9 nitrogen and oxygen atoms in total. The molecule has 0 radical (unpaired) electrons. The van der Waals surface area contributed by atoms with E-state index in [4.69, 9.17) is 19.9 Å². The van der Waals surface area contributed by atoms with Crippen LogP contribution in [0.2, 0.25) is 0 Å². The second-order valence-corrected chi connectivity index (χ2v) is 8.64. The van der Waals surface area contributed by atoms with Crippen LogP contribution >= 0.6 is 11.8 Å². The highest BCUT2D eigenvalue weighted by atomic mass is 32.2. The minimum Gasteiger partial charge on any atom is -0.475 e. The molecule has 0 amide bonds. The Morgan fingerprint density at radius 1 is 1.30 bits per heavy atom. The fourth-order valence-corrected chi connectivity index (χ4v) is 3.82. The first-order valence-electron chi connectivity index (χ1n) is 10.3. The van der Waals surface area contributed by atoms with E-state index in [1.54, 1.807) is 30.3 Å². The summed E-state index contributed by atoms with van der Waals surface area (Å²) in [5.74, 6) is 4.03. The molecule has 2 N–H and O–H groups in total. The SMILES string of the molecule is CC#CCn1c(N2CCNCC2)nc2nc(SC(C)CC)n(C)c(=O)c21.O=C(O)C(F)(F)F. The summed E-state index contributed by atoms with van der Waals surface area (Å²) in [4.78, 5) is 33.6. The zero-order valence-corrected chi connectivity index (χ0v) is 19.7. The van der Waals surface area contributed by atoms with Gasteiger partial charge in [0.2, 0.25) is 5.95 Å². The number of imidazole rings is 1. The van der Waals surface area contributed by atoms with Gasteiger partial charge < -0.3 is 15.3 Å². The molecule has 33 heavy (non-hydrogen) atoms. The van der Waals surface area contributed by atoms with Gasteiger partial charge in [-0.2, -0.15) is 18.2 Å². The van der Waals surface area contributed by atoms with Crippen LogP contribution in [0.5, 0.6) is 0 Å². The van der Waals surface area contributed by atoms with Crippen molar-refractivity contribution in [2.45, 2.75) is 50.3 Å². The lowest BCUT2D eigenvalue weighted by molar-refractivity contribution is -0.192. The molecule has 0 spiro atoms. The molecule has 13 heteroatoms. The Labute approximate surface area is 193 Å². The fourth-order valence-electron chi connectivity index (χ4n) is 2.91. The van der Waals surface area contributed by atoms with Crippen LogP contribution in [-0.4, -0.2) is 67.8 Å². The number of hydrogen-bond donors (Lipinski definition) is 2. The number of alkyl halides is 3. The average Bonchev–Trinajstić information content (AvgIpc) is 3.14. The molecule has 1 fully saturated rings. The maximum absolute atomic E-state index is 13.1. The number of rotatable bonds is 5. The number of hydrogen-bond acceptors (Lipinski definition) is 7. The van der Waals surface area contributed by atoms with Gasteiger partial charge in [0, 0.05) is 38.5 Å². The zero-order chi connectivity index (χ0) is 24.8. The van der Waals surface area contributed by atoms with E-state index >= 15 is 0 Å². The first kappa shape index (κ1) is 26.5. The number of aromatic nitrogens is 4. The third kappa shape index (κ3) is 6.64. The zero-order valence-electron chi connectivity index (χ0n) is 18.9. The Bertz CT molecular complexity index is 1100. The first-order valence-corrected chi connectivity index (χ1v) is 11.2. The average molecular weight is 489 g/mol. The molecule has 1 aliphatic heterocycles. The third-order valence-electron chi connectivity index (χ3n) is 4.86. The third-order valence-corrected chi connectivity index (χ3v) is 6.17. The maximum Gasteiger partial charge on any atom is 0.490 e. The molecule has 1 unspecified atom stereocenters. The largest absolute Gasteiger partial charge is 0.490 e. The van der Waals surface area contributed by atoms with Gasteiger partial charge in [-0.15, -0.1) is 5.92 Å². The Balaban J connectivity index is 0.000000479. The lowest BCUT2D eigenvalue weighted by Crippen LogP contribution is -2.44. The highest BCUT2D eigenvalue weighted by Crippen LogP contribution is 2.25. The molecule has 2 aromatic rings. The van der Waals surface area contributed by atoms with Gasteiger partial charge >= 0.3 is 12.1 Å². The number of piperazine rings is 1. The molecule has 182 valence electrons. The maximum atomic E-state index is 13.1. The number of carbonyl (C=O) groups is 1. The van der Waals surface area contributed by atoms with Gasteiger partial charge in [0.25, 0.3) is 5.56 Å². The Hall–Kier alpha value is -2.72. The summed E-state index contributed by atoms with van der Waals surface area (Å²) in [5.41, 5.74) is 0.996. The summed E-state index contributed by atoms with van der Waals surface area (Å²) < 4.78 is 35.3. The number of fused-ring (bicyclic) bond motifs is 1. The van der Waals surface area contributed by atoms with Gasteiger partial charge in [0.05, 0.1) is 6.54 Å². The standard InChI is InChI=1S/C18H26N6OS.C2HF3O2/c1-5-7-10-24-14-15(20-17(24)23-11-8-19-9-12-23)21-18(22(4)16(14)25)26-13(3)6-2;3-2(4,5)1(6)7/h13,19H,6,8-12H2,1-4H3;(H,6,7). The lowest BCUT2D eigenvalue weighted by Gasteiger charge is -2.28. The number of aliphatic carboxylic acids is 1. The van der Waals surface area contributed by atoms with Gasteiger partial charge in [-0.1, -0.05) is 31.5 Å². The minimum atomic E-state index is -5.08. The van der Waals surface area contributed by atoms with Crippen LogP contribution in [0.3, 0.4) is 0 Å². The normalized spacial score (nSPS) is 14.8. The van der Waals surface area contributed by atoms with E-state index in [0.717, 1.165) is 43.7 Å². The molecular formula is C20H27F3N6O3S. The number of carboxylic acids is 1. The van der Waals surface area contributed by atoms with Crippen LogP contribution in [0.15, 0.2) is 9.95 Å². The van der Waals surface area contributed by atoms with Crippen molar-refractivity contribution in [2.24, 2.45) is 7.05 Å². The monoisotopic (exact) mass is 488 g/mol. The predicted molar refractivity (Wildman–Crippen MR) is 121 cm³/mol. The van der Waals surface area contributed by atoms with Crippen molar-refractivity contribution in [3.63, 3.8) is 0 Å². The molecule has 3 rings (SSSR count). The van der Waals surface area contributed by atoms with Crippen molar-refractivity contribution in [3.8, 4) is 11.8 Å². The van der Waals surface area contributed by atoms with E-state index in [1.165, 1.54) is 0 Å². The molecule has 2 aromatic heterocycles. The number of nitrogens with zero attached hydrogens (tertiary/aromatic N) is 5. The van der Waals surface area contributed by atoms with Gasteiger partial charge in [-0.25, -0.2) is 9.78 Å². The highest BCUT2D eigenvalue weighted by Gasteiger charge is 2.38. The second-order valence-electron chi connectivity index (χ2n) is 7.23. The van der Waals surface area contributed by atoms with Gasteiger partial charge in [0.1, 0.15) is 0 Å². The van der Waals surface area contributed by atoms with Crippen molar-refractivity contribution in [1.29, 1.82) is 0 Å². The molecule has 3 heterocycles. The number of halogens is 3. The van der Waals surface area contributed by atoms with E-state index in [-0.39, 0.29) is 5.56 Å². The summed E-state index contributed by atoms with van der Waals surface area (Å²) in [6, 6.07) is 0. The molecule has 0 aromatic carbocycles. The predicted octanol–water partition coefficient (Wildman–Crippen LogP) is 2.09. The van der Waals surface area contributed by atoms with E-state index in [0.29, 0.717) is 23.0 Å². The van der Waals surface area contributed by atoms with Crippen LogP contribution < -0.4 is 15.8 Å². The van der Waals surface area contributed by atoms with E-state index in [2.05, 4.69) is 35.9 Å². The van der Waals surface area contributed by atoms with Crippen molar-refractivity contribution in [2.75, 3.05) is 31.1 Å². The van der Waals surface area contributed by atoms with Crippen molar-refractivity contribution in [1.82, 2.24) is 24.4 Å². The number of carboxylic acid groups (broad SMARTS) is 1. The molecular weight excluding hydrogens is 461 g/mol. The van der Waals surface area contributed by atoms with Crippen LogP contribution in [0.4, 0.5) is 19.1 Å². The van der Waals surface area contributed by atoms with Crippen molar-refractivity contribution in [3.05, 3.63) is 10.4 Å². The Kier molecular flexibility index (Phi) is 9.18. The van der Waals surface area contributed by atoms with E-state index in [9.17, 15) is 18.0 Å². The van der Waals surface area contributed by atoms with Crippen molar-refractivity contribution < 1.29 is 23.1 Å². The summed E-state index contributed by atoms with van der Waals surface area (Å²) in [6.45, 7) is 10.1. The van der Waals surface area contributed by atoms with E-state index < -0.39 is 12.1 Å². The summed E-state index contributed by atoms with van der Waals surface area (Å²) >= 11 is 1.62. The van der Waals surface area contributed by atoms with Crippen LogP contribution in [0.1, 0.15) is 27.2 Å². The number of nitrogens with one attached hydrogen (secondary N) is 1. The molecule has 0 aliphatic carbocycles.